The molecule has 0 saturated heterocycles. The summed E-state index contributed by atoms with van der Waals surface area (Å²) < 4.78 is 2.01. The Hall–Kier alpha value is -1.13. The van der Waals surface area contributed by atoms with Gasteiger partial charge in [-0.15, -0.1) is 11.3 Å². The zero-order valence-corrected chi connectivity index (χ0v) is 10.7. The van der Waals surface area contributed by atoms with Gasteiger partial charge >= 0.3 is 0 Å². The van der Waals surface area contributed by atoms with Crippen LogP contribution in [0.1, 0.15) is 30.5 Å². The van der Waals surface area contributed by atoms with Gasteiger partial charge in [0.15, 0.2) is 0 Å². The first-order chi connectivity index (χ1) is 7.61. The van der Waals surface area contributed by atoms with Crippen molar-refractivity contribution in [1.82, 2.24) is 9.78 Å². The maximum absolute atomic E-state index is 5.62. The molecule has 2 aromatic rings. The van der Waals surface area contributed by atoms with Crippen molar-refractivity contribution in [3.63, 3.8) is 0 Å². The van der Waals surface area contributed by atoms with E-state index in [0.717, 1.165) is 5.69 Å². The predicted molar refractivity (Wildman–Crippen MR) is 68.6 cm³/mol. The minimum absolute atomic E-state index is 0.404. The van der Waals surface area contributed by atoms with E-state index in [1.807, 2.05) is 4.68 Å². The van der Waals surface area contributed by atoms with Gasteiger partial charge in [-0.2, -0.15) is 5.10 Å². The average molecular weight is 235 g/mol. The van der Waals surface area contributed by atoms with Crippen LogP contribution in [0, 0.1) is 6.92 Å². The zero-order chi connectivity index (χ0) is 11.7. The molecule has 0 radical (unpaired) electrons. The third-order valence-electron chi connectivity index (χ3n) is 2.57. The smallest absolute Gasteiger partial charge is 0.0680 e. The van der Waals surface area contributed by atoms with E-state index in [0.29, 0.717) is 12.6 Å². The third-order valence-corrected chi connectivity index (χ3v) is 3.71. The largest absolute Gasteiger partial charge is 0.326 e. The van der Waals surface area contributed by atoms with Crippen molar-refractivity contribution in [2.24, 2.45) is 5.73 Å². The Morgan fingerprint density at radius 1 is 1.44 bits per heavy atom. The van der Waals surface area contributed by atoms with Gasteiger partial charge in [0.2, 0.25) is 0 Å². The molecule has 3 nitrogen and oxygen atoms in total. The summed E-state index contributed by atoms with van der Waals surface area (Å²) in [6, 6.07) is 4.62. The molecule has 4 heteroatoms. The Bertz CT molecular complexity index is 482. The van der Waals surface area contributed by atoms with Crippen molar-refractivity contribution < 1.29 is 0 Å². The minimum atomic E-state index is 0.404. The van der Waals surface area contributed by atoms with Gasteiger partial charge in [-0.3, -0.25) is 4.68 Å². The lowest BCUT2D eigenvalue weighted by Crippen LogP contribution is -2.00. The molecule has 0 spiro atoms. The highest BCUT2D eigenvalue weighted by Gasteiger charge is 2.10. The highest BCUT2D eigenvalue weighted by Crippen LogP contribution is 2.30. The lowest BCUT2D eigenvalue weighted by Gasteiger charge is -2.02. The highest BCUT2D eigenvalue weighted by molar-refractivity contribution is 7.15. The number of nitrogens with two attached hydrogens (primary N) is 1. The second kappa shape index (κ2) is 4.39. The summed E-state index contributed by atoms with van der Waals surface area (Å²) >= 11 is 1.75. The van der Waals surface area contributed by atoms with Crippen LogP contribution in [0.4, 0.5) is 0 Å². The Kier molecular flexibility index (Phi) is 3.12. The standard InChI is InChI=1S/C12H17N3S/c1-8(2)15-7-11(9(3)14-15)12-5-4-10(6-13)16-12/h4-5,7-8H,6,13H2,1-3H3. The molecule has 0 saturated carbocycles. The summed E-state index contributed by atoms with van der Waals surface area (Å²) in [6.45, 7) is 6.93. The number of rotatable bonds is 3. The van der Waals surface area contributed by atoms with Crippen molar-refractivity contribution in [3.8, 4) is 10.4 Å². The lowest BCUT2D eigenvalue weighted by molar-refractivity contribution is 0.529. The molecule has 16 heavy (non-hydrogen) atoms. The first-order valence-electron chi connectivity index (χ1n) is 5.46. The van der Waals surface area contributed by atoms with E-state index in [9.17, 15) is 0 Å². The molecule has 0 aliphatic heterocycles. The fraction of sp³-hybridized carbons (Fsp3) is 0.417. The Morgan fingerprint density at radius 3 is 2.69 bits per heavy atom. The maximum atomic E-state index is 5.62. The molecule has 86 valence electrons. The van der Waals surface area contributed by atoms with Crippen LogP contribution in [0.2, 0.25) is 0 Å². The first kappa shape index (κ1) is 11.4. The number of hydrogen-bond acceptors (Lipinski definition) is 3. The number of aromatic nitrogens is 2. The molecule has 0 fully saturated rings. The van der Waals surface area contributed by atoms with E-state index in [-0.39, 0.29) is 0 Å². The summed E-state index contributed by atoms with van der Waals surface area (Å²) in [5.41, 5.74) is 7.93. The van der Waals surface area contributed by atoms with Crippen molar-refractivity contribution in [1.29, 1.82) is 0 Å². The van der Waals surface area contributed by atoms with Crippen molar-refractivity contribution in [3.05, 3.63) is 28.9 Å². The molecule has 0 aliphatic rings. The summed E-state index contributed by atoms with van der Waals surface area (Å²) in [7, 11) is 0. The molecule has 0 unspecified atom stereocenters. The van der Waals surface area contributed by atoms with Gasteiger partial charge in [0.25, 0.3) is 0 Å². The van der Waals surface area contributed by atoms with Gasteiger partial charge in [0, 0.05) is 34.1 Å². The van der Waals surface area contributed by atoms with Gasteiger partial charge in [-0.25, -0.2) is 0 Å². The van der Waals surface area contributed by atoms with E-state index in [4.69, 9.17) is 5.73 Å². The molecule has 0 amide bonds. The van der Waals surface area contributed by atoms with Crippen LogP contribution in [-0.4, -0.2) is 9.78 Å². The van der Waals surface area contributed by atoms with Gasteiger partial charge < -0.3 is 5.73 Å². The molecule has 2 N–H and O–H groups in total. The molecule has 2 heterocycles. The van der Waals surface area contributed by atoms with E-state index in [1.165, 1.54) is 15.3 Å². The molecular formula is C12H17N3S. The summed E-state index contributed by atoms with van der Waals surface area (Å²) in [5, 5.41) is 4.51. The number of hydrogen-bond donors (Lipinski definition) is 1. The van der Waals surface area contributed by atoms with Crippen LogP contribution in [0.5, 0.6) is 0 Å². The Morgan fingerprint density at radius 2 is 2.19 bits per heavy atom. The van der Waals surface area contributed by atoms with Gasteiger partial charge in [0.05, 0.1) is 5.69 Å². The van der Waals surface area contributed by atoms with Gasteiger partial charge in [-0.1, -0.05) is 0 Å². The van der Waals surface area contributed by atoms with Crippen LogP contribution in [0.3, 0.4) is 0 Å². The second-order valence-electron chi connectivity index (χ2n) is 4.17. The third kappa shape index (κ3) is 2.03. The lowest BCUT2D eigenvalue weighted by atomic mass is 10.2. The number of aryl methyl sites for hydroxylation is 1. The topological polar surface area (TPSA) is 43.8 Å². The molecule has 2 aromatic heterocycles. The normalized spacial score (nSPS) is 11.3. The van der Waals surface area contributed by atoms with Crippen LogP contribution < -0.4 is 5.73 Å². The quantitative estimate of drug-likeness (QED) is 0.889. The van der Waals surface area contributed by atoms with E-state index in [2.05, 4.69) is 44.2 Å². The zero-order valence-electron chi connectivity index (χ0n) is 9.90. The number of thiophene rings is 1. The van der Waals surface area contributed by atoms with Gasteiger partial charge in [-0.05, 0) is 32.9 Å². The van der Waals surface area contributed by atoms with Crippen LogP contribution >= 0.6 is 11.3 Å². The molecule has 0 bridgehead atoms. The van der Waals surface area contributed by atoms with Gasteiger partial charge in [0.1, 0.15) is 0 Å². The first-order valence-corrected chi connectivity index (χ1v) is 6.28. The van der Waals surface area contributed by atoms with Crippen LogP contribution in [0.15, 0.2) is 18.3 Å². The Labute approximate surface area is 99.9 Å². The molecular weight excluding hydrogens is 218 g/mol. The molecule has 0 aliphatic carbocycles. The average Bonchev–Trinajstić information content (AvgIpc) is 2.83. The Balaban J connectivity index is 2.39. The molecule has 2 rings (SSSR count). The van der Waals surface area contributed by atoms with Crippen LogP contribution in [0.25, 0.3) is 10.4 Å². The monoisotopic (exact) mass is 235 g/mol. The van der Waals surface area contributed by atoms with Crippen molar-refractivity contribution in [2.45, 2.75) is 33.4 Å². The van der Waals surface area contributed by atoms with Crippen molar-refractivity contribution in [2.75, 3.05) is 0 Å². The van der Waals surface area contributed by atoms with E-state index < -0.39 is 0 Å². The van der Waals surface area contributed by atoms with E-state index >= 15 is 0 Å². The summed E-state index contributed by atoms with van der Waals surface area (Å²) in [6.07, 6.45) is 2.12. The second-order valence-corrected chi connectivity index (χ2v) is 5.34. The number of nitrogens with zero attached hydrogens (tertiary/aromatic N) is 2. The molecule has 0 atom stereocenters. The minimum Gasteiger partial charge on any atom is -0.326 e. The highest BCUT2D eigenvalue weighted by atomic mass is 32.1. The summed E-state index contributed by atoms with van der Waals surface area (Å²) in [4.78, 5) is 2.47. The van der Waals surface area contributed by atoms with E-state index in [1.54, 1.807) is 11.3 Å². The fourth-order valence-electron chi connectivity index (χ4n) is 1.62. The molecule has 0 aromatic carbocycles. The SMILES string of the molecule is Cc1nn(C(C)C)cc1-c1ccc(CN)s1. The fourth-order valence-corrected chi connectivity index (χ4v) is 2.57. The maximum Gasteiger partial charge on any atom is 0.0680 e. The predicted octanol–water partition coefficient (Wildman–Crippen LogP) is 2.96. The van der Waals surface area contributed by atoms with Crippen molar-refractivity contribution >= 4 is 11.3 Å². The summed E-state index contributed by atoms with van der Waals surface area (Å²) in [5.74, 6) is 0. The van der Waals surface area contributed by atoms with Crippen LogP contribution in [-0.2, 0) is 6.54 Å².